The molecular formula is C18H26N2O. The van der Waals surface area contributed by atoms with Gasteiger partial charge in [-0.05, 0) is 37.7 Å². The Morgan fingerprint density at radius 3 is 2.24 bits per heavy atom. The van der Waals surface area contributed by atoms with Crippen molar-refractivity contribution in [3.8, 4) is 6.07 Å². The summed E-state index contributed by atoms with van der Waals surface area (Å²) < 4.78 is 0. The molecule has 1 rings (SSSR count). The minimum absolute atomic E-state index is 0.123. The van der Waals surface area contributed by atoms with Crippen LogP contribution >= 0.6 is 0 Å². The zero-order valence-electron chi connectivity index (χ0n) is 13.7. The lowest BCUT2D eigenvalue weighted by molar-refractivity contribution is -0.125. The van der Waals surface area contributed by atoms with Crippen molar-refractivity contribution in [3.63, 3.8) is 0 Å². The van der Waals surface area contributed by atoms with Crippen molar-refractivity contribution in [2.24, 2.45) is 11.3 Å². The number of carbonyl (C=O) groups is 1. The second-order valence-corrected chi connectivity index (χ2v) is 7.48. The van der Waals surface area contributed by atoms with Gasteiger partial charge in [-0.3, -0.25) is 4.79 Å². The number of hydrogen-bond donors (Lipinski definition) is 1. The number of rotatable bonds is 5. The average Bonchev–Trinajstić information content (AvgIpc) is 2.33. The summed E-state index contributed by atoms with van der Waals surface area (Å²) >= 11 is 0. The van der Waals surface area contributed by atoms with Gasteiger partial charge in [0.1, 0.15) is 5.92 Å². The van der Waals surface area contributed by atoms with Crippen LogP contribution in [0, 0.1) is 22.7 Å². The summed E-state index contributed by atoms with van der Waals surface area (Å²) in [6.07, 6.45) is 1.31. The van der Waals surface area contributed by atoms with Gasteiger partial charge in [-0.2, -0.15) is 5.26 Å². The molecule has 1 aromatic rings. The Kier molecular flexibility index (Phi) is 5.54. The first-order valence-electron chi connectivity index (χ1n) is 7.38. The van der Waals surface area contributed by atoms with E-state index >= 15 is 0 Å². The Labute approximate surface area is 128 Å². The Morgan fingerprint density at radius 1 is 1.19 bits per heavy atom. The molecule has 0 aliphatic carbocycles. The highest BCUT2D eigenvalue weighted by molar-refractivity contribution is 5.82. The third-order valence-electron chi connectivity index (χ3n) is 3.19. The number of hydrogen-bond acceptors (Lipinski definition) is 2. The van der Waals surface area contributed by atoms with Crippen molar-refractivity contribution in [2.75, 3.05) is 0 Å². The fourth-order valence-electron chi connectivity index (χ4n) is 2.84. The Hall–Kier alpha value is -1.82. The molecule has 0 aliphatic rings. The number of nitriles is 1. The smallest absolute Gasteiger partial charge is 0.238 e. The molecule has 0 heterocycles. The molecule has 3 heteroatoms. The molecule has 1 unspecified atom stereocenters. The van der Waals surface area contributed by atoms with E-state index < -0.39 is 5.92 Å². The van der Waals surface area contributed by atoms with Crippen LogP contribution < -0.4 is 5.32 Å². The van der Waals surface area contributed by atoms with Crippen molar-refractivity contribution in [2.45, 2.75) is 53.0 Å². The molecule has 0 fully saturated rings. The fraction of sp³-hybridized carbons (Fsp3) is 0.556. The van der Waals surface area contributed by atoms with Crippen LogP contribution in [0.25, 0.3) is 0 Å². The zero-order valence-corrected chi connectivity index (χ0v) is 13.7. The third-order valence-corrected chi connectivity index (χ3v) is 3.19. The van der Waals surface area contributed by atoms with E-state index in [0.29, 0.717) is 6.42 Å². The maximum atomic E-state index is 12.3. The zero-order chi connectivity index (χ0) is 16.1. The topological polar surface area (TPSA) is 52.9 Å². The highest BCUT2D eigenvalue weighted by atomic mass is 16.2. The summed E-state index contributed by atoms with van der Waals surface area (Å²) in [5, 5.41) is 12.3. The molecule has 1 N–H and O–H groups in total. The van der Waals surface area contributed by atoms with Gasteiger partial charge < -0.3 is 5.32 Å². The SMILES string of the molecule is CC(C)(C)CC(C)(C)NC(=O)C(C#N)Cc1ccccc1. The molecule has 114 valence electrons. The molecule has 0 bridgehead atoms. The van der Waals surface area contributed by atoms with Gasteiger partial charge >= 0.3 is 0 Å². The fourth-order valence-corrected chi connectivity index (χ4v) is 2.84. The number of nitrogens with one attached hydrogen (secondary N) is 1. The molecule has 1 amide bonds. The van der Waals surface area contributed by atoms with Crippen LogP contribution in [0.4, 0.5) is 0 Å². The van der Waals surface area contributed by atoms with E-state index in [1.807, 2.05) is 44.2 Å². The summed E-state index contributed by atoms with van der Waals surface area (Å²) in [5.74, 6) is -0.831. The lowest BCUT2D eigenvalue weighted by Gasteiger charge is -2.33. The van der Waals surface area contributed by atoms with Crippen LogP contribution in [-0.2, 0) is 11.2 Å². The van der Waals surface area contributed by atoms with E-state index in [-0.39, 0.29) is 16.9 Å². The van der Waals surface area contributed by atoms with Crippen LogP contribution in [0.3, 0.4) is 0 Å². The molecule has 21 heavy (non-hydrogen) atoms. The van der Waals surface area contributed by atoms with E-state index in [4.69, 9.17) is 0 Å². The van der Waals surface area contributed by atoms with E-state index in [1.165, 1.54) is 0 Å². The predicted octanol–water partition coefficient (Wildman–Crippen LogP) is 3.70. The molecular weight excluding hydrogens is 260 g/mol. The lowest BCUT2D eigenvalue weighted by atomic mass is 9.81. The van der Waals surface area contributed by atoms with Crippen molar-refractivity contribution >= 4 is 5.91 Å². The number of nitrogens with zero attached hydrogens (tertiary/aromatic N) is 1. The van der Waals surface area contributed by atoms with E-state index in [0.717, 1.165) is 12.0 Å². The van der Waals surface area contributed by atoms with Gasteiger partial charge in [0.2, 0.25) is 5.91 Å². The van der Waals surface area contributed by atoms with Crippen LogP contribution in [-0.4, -0.2) is 11.4 Å². The van der Waals surface area contributed by atoms with Crippen molar-refractivity contribution in [1.29, 1.82) is 5.26 Å². The largest absolute Gasteiger partial charge is 0.350 e. The van der Waals surface area contributed by atoms with Crippen molar-refractivity contribution in [3.05, 3.63) is 35.9 Å². The Balaban J connectivity index is 2.70. The lowest BCUT2D eigenvalue weighted by Crippen LogP contribution is -2.48. The molecule has 0 saturated carbocycles. The average molecular weight is 286 g/mol. The summed E-state index contributed by atoms with van der Waals surface area (Å²) in [7, 11) is 0. The summed E-state index contributed by atoms with van der Waals surface area (Å²) in [4.78, 5) is 12.3. The standard InChI is InChI=1S/C18H26N2O/c1-17(2,3)13-18(4,5)20-16(21)15(12-19)11-14-9-7-6-8-10-14/h6-10,15H,11,13H2,1-5H3,(H,20,21). The van der Waals surface area contributed by atoms with E-state index in [9.17, 15) is 10.1 Å². The first kappa shape index (κ1) is 17.2. The maximum absolute atomic E-state index is 12.3. The minimum atomic E-state index is -0.647. The second-order valence-electron chi connectivity index (χ2n) is 7.48. The molecule has 0 spiro atoms. The molecule has 0 radical (unpaired) electrons. The molecule has 0 aromatic heterocycles. The quantitative estimate of drug-likeness (QED) is 0.897. The summed E-state index contributed by atoms with van der Waals surface area (Å²) in [6.45, 7) is 10.5. The number of carbonyl (C=O) groups excluding carboxylic acids is 1. The summed E-state index contributed by atoms with van der Waals surface area (Å²) in [6, 6.07) is 11.8. The van der Waals surface area contributed by atoms with Gasteiger partial charge in [0, 0.05) is 5.54 Å². The van der Waals surface area contributed by atoms with Crippen LogP contribution in [0.2, 0.25) is 0 Å². The van der Waals surface area contributed by atoms with E-state index in [1.54, 1.807) is 0 Å². The van der Waals surface area contributed by atoms with Crippen molar-refractivity contribution in [1.82, 2.24) is 5.32 Å². The van der Waals surface area contributed by atoms with Crippen LogP contribution in [0.5, 0.6) is 0 Å². The van der Waals surface area contributed by atoms with Gasteiger partial charge in [0.15, 0.2) is 0 Å². The Morgan fingerprint density at radius 2 is 1.76 bits per heavy atom. The predicted molar refractivity (Wildman–Crippen MR) is 85.5 cm³/mol. The molecule has 1 atom stereocenters. The second kappa shape index (κ2) is 6.76. The molecule has 1 aromatic carbocycles. The van der Waals surface area contributed by atoms with Gasteiger partial charge in [0.05, 0.1) is 6.07 Å². The molecule has 0 saturated heterocycles. The summed E-state index contributed by atoms with van der Waals surface area (Å²) in [5.41, 5.74) is 0.812. The van der Waals surface area contributed by atoms with Crippen molar-refractivity contribution < 1.29 is 4.79 Å². The Bertz CT molecular complexity index is 506. The van der Waals surface area contributed by atoms with Gasteiger partial charge in [-0.15, -0.1) is 0 Å². The first-order valence-corrected chi connectivity index (χ1v) is 7.38. The highest BCUT2D eigenvalue weighted by Crippen LogP contribution is 2.27. The maximum Gasteiger partial charge on any atom is 0.238 e. The highest BCUT2D eigenvalue weighted by Gasteiger charge is 2.29. The minimum Gasteiger partial charge on any atom is -0.350 e. The third kappa shape index (κ3) is 6.44. The molecule has 0 aliphatic heterocycles. The van der Waals surface area contributed by atoms with Crippen LogP contribution in [0.15, 0.2) is 30.3 Å². The van der Waals surface area contributed by atoms with Gasteiger partial charge in [0.25, 0.3) is 0 Å². The number of amides is 1. The number of benzene rings is 1. The van der Waals surface area contributed by atoms with Gasteiger partial charge in [-0.1, -0.05) is 51.1 Å². The van der Waals surface area contributed by atoms with E-state index in [2.05, 4.69) is 32.2 Å². The van der Waals surface area contributed by atoms with Crippen LogP contribution in [0.1, 0.15) is 46.6 Å². The monoisotopic (exact) mass is 286 g/mol. The molecule has 3 nitrogen and oxygen atoms in total. The van der Waals surface area contributed by atoms with Gasteiger partial charge in [-0.25, -0.2) is 0 Å². The normalized spacial score (nSPS) is 13.3. The first-order chi connectivity index (χ1) is 9.63.